The molecule has 2 aromatic rings. The third kappa shape index (κ3) is 4.50. The van der Waals surface area contributed by atoms with Crippen LogP contribution in [0, 0.1) is 0 Å². The number of anilines is 2. The van der Waals surface area contributed by atoms with Crippen LogP contribution in [-0.4, -0.2) is 40.0 Å². The van der Waals surface area contributed by atoms with Crippen LogP contribution in [0.25, 0.3) is 0 Å². The average molecular weight is 371 g/mol. The van der Waals surface area contributed by atoms with Crippen molar-refractivity contribution in [2.75, 3.05) is 11.9 Å². The lowest BCUT2D eigenvalue weighted by Crippen LogP contribution is -2.29. The Morgan fingerprint density at radius 3 is 3.00 bits per heavy atom. The van der Waals surface area contributed by atoms with Crippen molar-refractivity contribution < 1.29 is 14.3 Å². The Bertz CT molecular complexity index is 793. The molecular formula is C19H25N5O3. The van der Waals surface area contributed by atoms with Crippen molar-refractivity contribution in [3.8, 4) is 5.75 Å². The van der Waals surface area contributed by atoms with E-state index in [-0.39, 0.29) is 18.3 Å². The van der Waals surface area contributed by atoms with Crippen LogP contribution in [0.3, 0.4) is 0 Å². The first-order valence-corrected chi connectivity index (χ1v) is 9.54. The summed E-state index contributed by atoms with van der Waals surface area (Å²) < 4.78 is 11.5. The van der Waals surface area contributed by atoms with Crippen LogP contribution in [0.4, 0.5) is 16.3 Å². The number of alkyl carbamates (subject to hydrolysis) is 1. The number of pyridine rings is 1. The fraction of sp³-hybridized carbons (Fsp3) is 0.526. The number of H-pyrrole nitrogens is 1. The highest BCUT2D eigenvalue weighted by Crippen LogP contribution is 2.36. The number of hydrogen-bond acceptors (Lipinski definition) is 6. The van der Waals surface area contributed by atoms with Crippen molar-refractivity contribution in [2.45, 2.75) is 57.2 Å². The van der Waals surface area contributed by atoms with Gasteiger partial charge in [0.2, 0.25) is 0 Å². The number of ether oxygens (including phenoxy) is 2. The summed E-state index contributed by atoms with van der Waals surface area (Å²) in [6.45, 7) is 2.59. The average Bonchev–Trinajstić information content (AvgIpc) is 3.28. The fourth-order valence-corrected chi connectivity index (χ4v) is 3.70. The van der Waals surface area contributed by atoms with Crippen LogP contribution in [0.5, 0.6) is 5.75 Å². The zero-order valence-electron chi connectivity index (χ0n) is 15.4. The second-order valence-corrected chi connectivity index (χ2v) is 7.28. The lowest BCUT2D eigenvalue weighted by atomic mass is 10.0. The standard InChI is InChI=1S/C19H25N5O3/c1-12-3-2-6-21-19(25)27-15-5-4-13(7-15)17-9-18(24-23-17)22-14-8-16(26-12)11-20-10-14/h8-13,15H,2-7H2,1H3,(H,21,25)(H2,22,23,24)/t12-,13+,15-/m1/s1. The highest BCUT2D eigenvalue weighted by molar-refractivity contribution is 5.67. The van der Waals surface area contributed by atoms with E-state index in [0.29, 0.717) is 18.2 Å². The van der Waals surface area contributed by atoms with Gasteiger partial charge in [-0.3, -0.25) is 10.1 Å². The predicted molar refractivity (Wildman–Crippen MR) is 100 cm³/mol. The molecule has 0 radical (unpaired) electrons. The molecule has 3 N–H and O–H groups in total. The van der Waals surface area contributed by atoms with E-state index in [9.17, 15) is 4.79 Å². The first kappa shape index (κ1) is 17.6. The number of fused-ring (bicyclic) bond motifs is 7. The van der Waals surface area contributed by atoms with Crippen molar-refractivity contribution in [3.05, 3.63) is 30.2 Å². The van der Waals surface area contributed by atoms with Crippen LogP contribution in [-0.2, 0) is 4.74 Å². The molecule has 3 heterocycles. The third-order valence-electron chi connectivity index (χ3n) is 5.08. The molecule has 0 spiro atoms. The largest absolute Gasteiger partial charge is 0.489 e. The summed E-state index contributed by atoms with van der Waals surface area (Å²) in [6.07, 6.45) is 7.40. The van der Waals surface area contributed by atoms with E-state index in [0.717, 1.165) is 49.3 Å². The van der Waals surface area contributed by atoms with Gasteiger partial charge in [-0.05, 0) is 39.0 Å². The number of nitrogens with zero attached hydrogens (tertiary/aromatic N) is 2. The number of nitrogens with one attached hydrogen (secondary N) is 3. The van der Waals surface area contributed by atoms with Gasteiger partial charge >= 0.3 is 6.09 Å². The minimum Gasteiger partial charge on any atom is -0.489 e. The molecule has 1 amide bonds. The van der Waals surface area contributed by atoms with Crippen LogP contribution in [0.1, 0.15) is 50.6 Å². The third-order valence-corrected chi connectivity index (χ3v) is 5.08. The Morgan fingerprint density at radius 2 is 2.07 bits per heavy atom. The van der Waals surface area contributed by atoms with Crippen molar-refractivity contribution in [3.63, 3.8) is 0 Å². The summed E-state index contributed by atoms with van der Waals surface area (Å²) in [5.41, 5.74) is 1.89. The number of amides is 1. The summed E-state index contributed by atoms with van der Waals surface area (Å²) in [5.74, 6) is 1.76. The Hall–Kier alpha value is -2.77. The van der Waals surface area contributed by atoms with Crippen LogP contribution >= 0.6 is 0 Å². The monoisotopic (exact) mass is 371 g/mol. The van der Waals surface area contributed by atoms with E-state index in [2.05, 4.69) is 25.8 Å². The SMILES string of the molecule is C[C@@H]1CCCNC(=O)O[C@@H]2CC[C@@H](C2)c2cc(n[nH]2)Nc2cncc(c2)O1. The van der Waals surface area contributed by atoms with E-state index in [1.807, 2.05) is 19.1 Å². The summed E-state index contributed by atoms with van der Waals surface area (Å²) in [4.78, 5) is 16.2. The molecule has 27 heavy (non-hydrogen) atoms. The molecule has 2 aliphatic rings. The zero-order chi connectivity index (χ0) is 18.6. The smallest absolute Gasteiger partial charge is 0.407 e. The van der Waals surface area contributed by atoms with Gasteiger partial charge in [0.15, 0.2) is 5.82 Å². The van der Waals surface area contributed by atoms with Crippen molar-refractivity contribution in [1.29, 1.82) is 0 Å². The molecule has 0 unspecified atom stereocenters. The molecule has 4 rings (SSSR count). The van der Waals surface area contributed by atoms with Gasteiger partial charge in [-0.1, -0.05) is 0 Å². The fourth-order valence-electron chi connectivity index (χ4n) is 3.70. The van der Waals surface area contributed by atoms with Gasteiger partial charge in [0.1, 0.15) is 11.9 Å². The van der Waals surface area contributed by atoms with Crippen LogP contribution in [0.2, 0.25) is 0 Å². The molecular weight excluding hydrogens is 346 g/mol. The summed E-state index contributed by atoms with van der Waals surface area (Å²) in [5, 5.41) is 13.6. The highest BCUT2D eigenvalue weighted by Gasteiger charge is 2.30. The van der Waals surface area contributed by atoms with E-state index in [1.165, 1.54) is 0 Å². The number of carbonyl (C=O) groups is 1. The molecule has 1 aliphatic carbocycles. The lowest BCUT2D eigenvalue weighted by Gasteiger charge is -2.16. The maximum Gasteiger partial charge on any atom is 0.407 e. The molecule has 1 fully saturated rings. The second-order valence-electron chi connectivity index (χ2n) is 7.28. The van der Waals surface area contributed by atoms with Gasteiger partial charge in [-0.2, -0.15) is 5.10 Å². The van der Waals surface area contributed by atoms with E-state index < -0.39 is 0 Å². The van der Waals surface area contributed by atoms with Crippen LogP contribution in [0.15, 0.2) is 24.5 Å². The molecule has 8 heteroatoms. The molecule has 1 aliphatic heterocycles. The van der Waals surface area contributed by atoms with Gasteiger partial charge in [-0.25, -0.2) is 4.79 Å². The van der Waals surface area contributed by atoms with Gasteiger partial charge in [-0.15, -0.1) is 0 Å². The molecule has 8 nitrogen and oxygen atoms in total. The minimum atomic E-state index is -0.334. The molecule has 2 aromatic heterocycles. The number of rotatable bonds is 0. The normalized spacial score (nSPS) is 26.0. The maximum atomic E-state index is 12.0. The first-order valence-electron chi connectivity index (χ1n) is 9.54. The van der Waals surface area contributed by atoms with Crippen molar-refractivity contribution in [2.24, 2.45) is 0 Å². The Kier molecular flexibility index (Phi) is 5.13. The van der Waals surface area contributed by atoms with Crippen molar-refractivity contribution in [1.82, 2.24) is 20.5 Å². The quantitative estimate of drug-likeness (QED) is 0.655. The Morgan fingerprint density at radius 1 is 1.15 bits per heavy atom. The number of hydrogen-bond donors (Lipinski definition) is 3. The number of aromatic nitrogens is 3. The molecule has 1 saturated carbocycles. The number of carbonyl (C=O) groups excluding carboxylic acids is 1. The molecule has 144 valence electrons. The first-order chi connectivity index (χ1) is 13.2. The van der Waals surface area contributed by atoms with Gasteiger partial charge in [0, 0.05) is 30.3 Å². The van der Waals surface area contributed by atoms with Crippen molar-refractivity contribution >= 4 is 17.6 Å². The summed E-state index contributed by atoms with van der Waals surface area (Å²) in [7, 11) is 0. The molecule has 0 aromatic carbocycles. The van der Waals surface area contributed by atoms with E-state index >= 15 is 0 Å². The van der Waals surface area contributed by atoms with Gasteiger partial charge in [0.05, 0.1) is 24.2 Å². The topological polar surface area (TPSA) is 101 Å². The summed E-state index contributed by atoms with van der Waals surface area (Å²) in [6, 6.07) is 3.93. The van der Waals surface area contributed by atoms with Crippen LogP contribution < -0.4 is 15.4 Å². The Balaban J connectivity index is 1.53. The maximum absolute atomic E-state index is 12.0. The minimum absolute atomic E-state index is 0.0198. The van der Waals surface area contributed by atoms with E-state index in [1.54, 1.807) is 12.4 Å². The molecule has 0 saturated heterocycles. The molecule has 6 bridgehead atoms. The summed E-state index contributed by atoms with van der Waals surface area (Å²) >= 11 is 0. The van der Waals surface area contributed by atoms with Gasteiger partial charge < -0.3 is 20.1 Å². The highest BCUT2D eigenvalue weighted by atomic mass is 16.6. The zero-order valence-corrected chi connectivity index (χ0v) is 15.4. The predicted octanol–water partition coefficient (Wildman–Crippen LogP) is 3.47. The van der Waals surface area contributed by atoms with Gasteiger partial charge in [0.25, 0.3) is 0 Å². The number of aromatic amines is 1. The lowest BCUT2D eigenvalue weighted by molar-refractivity contribution is 0.0996. The second kappa shape index (κ2) is 7.85. The molecule has 3 atom stereocenters. The Labute approximate surface area is 158 Å². The van der Waals surface area contributed by atoms with E-state index in [4.69, 9.17) is 9.47 Å².